The molecule has 1 aromatic heterocycles. The molecule has 5 nitrogen and oxygen atoms in total. The summed E-state index contributed by atoms with van der Waals surface area (Å²) in [7, 11) is 0. The number of benzene rings is 1. The first-order valence-electron chi connectivity index (χ1n) is 3.98. The molecule has 0 unspecified atom stereocenters. The molecule has 0 amide bonds. The summed E-state index contributed by atoms with van der Waals surface area (Å²) in [5, 5.41) is 7.16. The first-order chi connectivity index (χ1) is 7.33. The average Bonchev–Trinajstić information content (AvgIpc) is 2.67. The van der Waals surface area contributed by atoms with Crippen molar-refractivity contribution in [1.29, 1.82) is 0 Å². The van der Waals surface area contributed by atoms with E-state index >= 15 is 0 Å². The van der Waals surface area contributed by atoms with E-state index in [0.717, 1.165) is 10.0 Å². The molecule has 1 heterocycles. The van der Waals surface area contributed by atoms with Gasteiger partial charge in [-0.2, -0.15) is 0 Å². The van der Waals surface area contributed by atoms with Gasteiger partial charge < -0.3 is 0 Å². The van der Waals surface area contributed by atoms with Crippen molar-refractivity contribution in [1.82, 2.24) is 10.3 Å². The first kappa shape index (κ1) is 9.76. The van der Waals surface area contributed by atoms with Crippen LogP contribution in [0.5, 0.6) is 0 Å². The van der Waals surface area contributed by atoms with Gasteiger partial charge in [0.25, 0.3) is 0 Å². The number of aromatic nitrogens is 2. The molecule has 6 heteroatoms. The number of hydrogen-bond acceptors (Lipinski definition) is 5. The Morgan fingerprint density at radius 3 is 2.87 bits per heavy atom. The third-order valence-corrected chi connectivity index (χ3v) is 2.44. The van der Waals surface area contributed by atoms with Crippen LogP contribution in [0.4, 0.5) is 5.82 Å². The van der Waals surface area contributed by atoms with Crippen LogP contribution in [0.2, 0.25) is 0 Å². The quantitative estimate of drug-likeness (QED) is 0.618. The molecule has 0 fully saturated rings. The second-order valence-corrected chi connectivity index (χ2v) is 3.47. The molecule has 0 N–H and O–H groups in total. The van der Waals surface area contributed by atoms with E-state index < -0.39 is 0 Å². The predicted molar refractivity (Wildman–Crippen MR) is 55.2 cm³/mol. The van der Waals surface area contributed by atoms with Crippen molar-refractivity contribution in [2.24, 2.45) is 4.99 Å². The Hall–Kier alpha value is -1.78. The lowest BCUT2D eigenvalue weighted by Crippen LogP contribution is -1.79. The maximum atomic E-state index is 10.1. The largest absolute Gasteiger partial charge is 0.242 e. The minimum Gasteiger partial charge on any atom is -0.242 e. The lowest BCUT2D eigenvalue weighted by molar-refractivity contribution is 0.309. The van der Waals surface area contributed by atoms with Crippen molar-refractivity contribution >= 4 is 27.8 Å². The molecular weight excluding hydrogens is 262 g/mol. The number of carbonyl (C=O) groups excluding carboxylic acids is 1. The van der Waals surface area contributed by atoms with E-state index in [1.165, 1.54) is 6.08 Å². The summed E-state index contributed by atoms with van der Waals surface area (Å²) in [4.78, 5) is 13.5. The molecule has 0 atom stereocenters. The summed E-state index contributed by atoms with van der Waals surface area (Å²) in [6.45, 7) is 0. The number of halogens is 1. The number of isocyanates is 1. The van der Waals surface area contributed by atoms with Gasteiger partial charge in [-0.05, 0) is 16.4 Å². The van der Waals surface area contributed by atoms with Crippen LogP contribution in [0.15, 0.2) is 38.4 Å². The highest BCUT2D eigenvalue weighted by Crippen LogP contribution is 2.31. The Morgan fingerprint density at radius 1 is 1.33 bits per heavy atom. The van der Waals surface area contributed by atoms with Gasteiger partial charge in [0.2, 0.25) is 11.9 Å². The van der Waals surface area contributed by atoms with E-state index in [9.17, 15) is 4.79 Å². The van der Waals surface area contributed by atoms with Crippen LogP contribution in [-0.2, 0) is 4.79 Å². The van der Waals surface area contributed by atoms with Gasteiger partial charge in [0.05, 0.1) is 0 Å². The molecule has 0 bridgehead atoms. The maximum Gasteiger partial charge on any atom is 0.242 e. The standard InChI is InChI=1S/C9H4BrN3O2/c10-7-4-2-1-3-6(7)8-9(11-5-14)13-15-12-8/h1-4H. The van der Waals surface area contributed by atoms with Crippen molar-refractivity contribution < 1.29 is 9.42 Å². The fraction of sp³-hybridized carbons (Fsp3) is 0. The normalized spacial score (nSPS) is 9.67. The molecule has 74 valence electrons. The van der Waals surface area contributed by atoms with Crippen LogP contribution < -0.4 is 0 Å². The van der Waals surface area contributed by atoms with Crippen molar-refractivity contribution in [3.63, 3.8) is 0 Å². The number of rotatable bonds is 2. The van der Waals surface area contributed by atoms with Gasteiger partial charge in [0, 0.05) is 10.0 Å². The van der Waals surface area contributed by atoms with Gasteiger partial charge >= 0.3 is 0 Å². The van der Waals surface area contributed by atoms with Crippen LogP contribution in [0.25, 0.3) is 11.3 Å². The maximum absolute atomic E-state index is 10.1. The van der Waals surface area contributed by atoms with Crippen LogP contribution in [0.1, 0.15) is 0 Å². The summed E-state index contributed by atoms with van der Waals surface area (Å²) in [5.74, 6) is 0.122. The zero-order chi connectivity index (χ0) is 10.7. The zero-order valence-electron chi connectivity index (χ0n) is 7.35. The molecule has 0 aliphatic rings. The number of nitrogens with zero attached hydrogens (tertiary/aromatic N) is 3. The molecule has 0 aliphatic carbocycles. The summed E-state index contributed by atoms with van der Waals surface area (Å²) >= 11 is 3.35. The van der Waals surface area contributed by atoms with Crippen LogP contribution in [-0.4, -0.2) is 16.4 Å². The van der Waals surface area contributed by atoms with E-state index in [0.29, 0.717) is 5.69 Å². The summed E-state index contributed by atoms with van der Waals surface area (Å²) < 4.78 is 5.34. The van der Waals surface area contributed by atoms with E-state index in [-0.39, 0.29) is 5.82 Å². The highest BCUT2D eigenvalue weighted by atomic mass is 79.9. The summed E-state index contributed by atoms with van der Waals surface area (Å²) in [6, 6.07) is 7.36. The van der Waals surface area contributed by atoms with Crippen molar-refractivity contribution in [3.05, 3.63) is 28.7 Å². The minimum absolute atomic E-state index is 0.122. The monoisotopic (exact) mass is 265 g/mol. The fourth-order valence-corrected chi connectivity index (χ4v) is 1.60. The third-order valence-electron chi connectivity index (χ3n) is 1.75. The van der Waals surface area contributed by atoms with E-state index in [2.05, 4.69) is 35.9 Å². The molecule has 0 saturated carbocycles. The minimum atomic E-state index is 0.122. The molecular formula is C9H4BrN3O2. The summed E-state index contributed by atoms with van der Waals surface area (Å²) in [6.07, 6.45) is 1.40. The van der Waals surface area contributed by atoms with Crippen LogP contribution in [0.3, 0.4) is 0 Å². The lowest BCUT2D eigenvalue weighted by Gasteiger charge is -1.97. The second-order valence-electron chi connectivity index (χ2n) is 2.62. The average molecular weight is 266 g/mol. The van der Waals surface area contributed by atoms with Crippen LogP contribution in [0, 0.1) is 0 Å². The van der Waals surface area contributed by atoms with E-state index in [1.54, 1.807) is 0 Å². The number of aliphatic imine (C=N–C) groups is 1. The third kappa shape index (κ3) is 1.86. The molecule has 15 heavy (non-hydrogen) atoms. The van der Waals surface area contributed by atoms with E-state index in [1.807, 2.05) is 24.3 Å². The van der Waals surface area contributed by atoms with Gasteiger partial charge in [0.1, 0.15) is 0 Å². The molecule has 0 aliphatic heterocycles. The molecule has 1 aromatic carbocycles. The van der Waals surface area contributed by atoms with Gasteiger partial charge in [0.15, 0.2) is 5.69 Å². The van der Waals surface area contributed by atoms with Crippen molar-refractivity contribution in [2.45, 2.75) is 0 Å². The SMILES string of the molecule is O=C=Nc1nonc1-c1ccccc1Br. The smallest absolute Gasteiger partial charge is 0.242 e. The Bertz CT molecular complexity index is 532. The molecule has 2 aromatic rings. The molecule has 0 spiro atoms. The van der Waals surface area contributed by atoms with Crippen LogP contribution >= 0.6 is 15.9 Å². The van der Waals surface area contributed by atoms with Gasteiger partial charge in [-0.3, -0.25) is 0 Å². The highest BCUT2D eigenvalue weighted by molar-refractivity contribution is 9.10. The van der Waals surface area contributed by atoms with Gasteiger partial charge in [-0.1, -0.05) is 34.1 Å². The Labute approximate surface area is 92.9 Å². The first-order valence-corrected chi connectivity index (χ1v) is 4.77. The predicted octanol–water partition coefficient (Wildman–Crippen LogP) is 2.47. The lowest BCUT2D eigenvalue weighted by atomic mass is 10.1. The topological polar surface area (TPSA) is 68.3 Å². The highest BCUT2D eigenvalue weighted by Gasteiger charge is 2.13. The molecule has 0 radical (unpaired) electrons. The Balaban J connectivity index is 2.59. The van der Waals surface area contributed by atoms with Gasteiger partial charge in [-0.15, -0.1) is 4.99 Å². The van der Waals surface area contributed by atoms with Gasteiger partial charge in [-0.25, -0.2) is 9.42 Å². The number of hydrogen-bond donors (Lipinski definition) is 0. The van der Waals surface area contributed by atoms with Crippen molar-refractivity contribution in [2.75, 3.05) is 0 Å². The summed E-state index contributed by atoms with van der Waals surface area (Å²) in [5.41, 5.74) is 1.17. The van der Waals surface area contributed by atoms with E-state index in [4.69, 9.17) is 0 Å². The Kier molecular flexibility index (Phi) is 2.71. The van der Waals surface area contributed by atoms with Crippen molar-refractivity contribution in [3.8, 4) is 11.3 Å². The fourth-order valence-electron chi connectivity index (χ4n) is 1.12. The molecule has 2 rings (SSSR count). The molecule has 0 saturated heterocycles. The zero-order valence-corrected chi connectivity index (χ0v) is 8.93. The Morgan fingerprint density at radius 2 is 2.13 bits per heavy atom. The second kappa shape index (κ2) is 4.16.